The highest BCUT2D eigenvalue weighted by Gasteiger charge is 2.20. The van der Waals surface area contributed by atoms with E-state index in [1.165, 1.54) is 21.3 Å². The normalized spacial score (nSPS) is 11.8. The summed E-state index contributed by atoms with van der Waals surface area (Å²) in [5.41, 5.74) is 6.27. The van der Waals surface area contributed by atoms with Crippen LogP contribution in [0.2, 0.25) is 0 Å². The van der Waals surface area contributed by atoms with Crippen LogP contribution in [0, 0.1) is 0 Å². The zero-order chi connectivity index (χ0) is 12.1. The third kappa shape index (κ3) is 2.43. The fourth-order valence-corrected chi connectivity index (χ4v) is 1.34. The average molecular weight is 225 g/mol. The molecule has 0 radical (unpaired) electrons. The molecule has 0 heterocycles. The molecule has 88 valence electrons. The van der Waals surface area contributed by atoms with Crippen molar-refractivity contribution in [1.82, 2.24) is 0 Å². The molecular weight excluding hydrogens is 210 g/mol. The lowest BCUT2D eigenvalue weighted by Gasteiger charge is -2.14. The summed E-state index contributed by atoms with van der Waals surface area (Å²) >= 11 is 0. The predicted molar refractivity (Wildman–Crippen MR) is 58.5 cm³/mol. The summed E-state index contributed by atoms with van der Waals surface area (Å²) in [5.74, 6) is 0.611. The summed E-state index contributed by atoms with van der Waals surface area (Å²) in [5, 5.41) is 0. The number of esters is 1. The molecule has 0 fully saturated rings. The Morgan fingerprint density at radius 1 is 1.25 bits per heavy atom. The number of hydrogen-bond acceptors (Lipinski definition) is 5. The van der Waals surface area contributed by atoms with Crippen LogP contribution in [0.1, 0.15) is 11.6 Å². The molecule has 5 nitrogen and oxygen atoms in total. The molecule has 1 aromatic rings. The van der Waals surface area contributed by atoms with Gasteiger partial charge in [-0.15, -0.1) is 0 Å². The Bertz CT molecular complexity index is 378. The van der Waals surface area contributed by atoms with Gasteiger partial charge in [0.2, 0.25) is 0 Å². The summed E-state index contributed by atoms with van der Waals surface area (Å²) in [6, 6.07) is 4.19. The molecule has 0 aliphatic carbocycles. The van der Waals surface area contributed by atoms with Crippen molar-refractivity contribution in [3.63, 3.8) is 0 Å². The van der Waals surface area contributed by atoms with E-state index in [1.807, 2.05) is 0 Å². The molecule has 1 aromatic carbocycles. The number of carbonyl (C=O) groups excluding carboxylic acids is 1. The average Bonchev–Trinajstić information content (AvgIpc) is 2.35. The van der Waals surface area contributed by atoms with Gasteiger partial charge in [-0.3, -0.25) is 4.79 Å². The van der Waals surface area contributed by atoms with Crippen molar-refractivity contribution in [2.45, 2.75) is 6.04 Å². The van der Waals surface area contributed by atoms with Crippen molar-refractivity contribution in [3.05, 3.63) is 23.8 Å². The van der Waals surface area contributed by atoms with Gasteiger partial charge in [0.05, 0.1) is 21.3 Å². The van der Waals surface area contributed by atoms with Gasteiger partial charge in [0.15, 0.2) is 0 Å². The summed E-state index contributed by atoms with van der Waals surface area (Å²) < 4.78 is 14.8. The lowest BCUT2D eigenvalue weighted by Crippen LogP contribution is -2.23. The SMILES string of the molecule is COC(=O)C(N)c1cc(OC)ccc1OC. The molecule has 1 unspecified atom stereocenters. The Morgan fingerprint density at radius 3 is 2.44 bits per heavy atom. The van der Waals surface area contributed by atoms with Crippen molar-refractivity contribution < 1.29 is 19.0 Å². The van der Waals surface area contributed by atoms with Gasteiger partial charge in [0, 0.05) is 5.56 Å². The Kier molecular flexibility index (Phi) is 4.13. The molecule has 1 rings (SSSR count). The van der Waals surface area contributed by atoms with E-state index in [2.05, 4.69) is 4.74 Å². The minimum absolute atomic E-state index is 0.522. The lowest BCUT2D eigenvalue weighted by atomic mass is 10.1. The molecular formula is C11H15NO4. The maximum Gasteiger partial charge on any atom is 0.327 e. The number of ether oxygens (including phenoxy) is 3. The number of carbonyl (C=O) groups is 1. The monoisotopic (exact) mass is 225 g/mol. The molecule has 16 heavy (non-hydrogen) atoms. The quantitative estimate of drug-likeness (QED) is 0.770. The van der Waals surface area contributed by atoms with E-state index in [1.54, 1.807) is 18.2 Å². The van der Waals surface area contributed by atoms with E-state index in [0.29, 0.717) is 17.1 Å². The number of rotatable bonds is 4. The largest absolute Gasteiger partial charge is 0.497 e. The van der Waals surface area contributed by atoms with Crippen LogP contribution in [-0.2, 0) is 9.53 Å². The van der Waals surface area contributed by atoms with Gasteiger partial charge in [-0.25, -0.2) is 0 Å². The van der Waals surface area contributed by atoms with Gasteiger partial charge in [-0.05, 0) is 18.2 Å². The Labute approximate surface area is 94.1 Å². The third-order valence-corrected chi connectivity index (χ3v) is 2.23. The van der Waals surface area contributed by atoms with Crippen molar-refractivity contribution in [1.29, 1.82) is 0 Å². The molecule has 5 heteroatoms. The fourth-order valence-electron chi connectivity index (χ4n) is 1.34. The van der Waals surface area contributed by atoms with E-state index >= 15 is 0 Å². The number of methoxy groups -OCH3 is 3. The van der Waals surface area contributed by atoms with E-state index in [4.69, 9.17) is 15.2 Å². The Morgan fingerprint density at radius 2 is 1.94 bits per heavy atom. The van der Waals surface area contributed by atoms with Crippen LogP contribution in [0.15, 0.2) is 18.2 Å². The van der Waals surface area contributed by atoms with Gasteiger partial charge < -0.3 is 19.9 Å². The van der Waals surface area contributed by atoms with Crippen LogP contribution < -0.4 is 15.2 Å². The highest BCUT2D eigenvalue weighted by Crippen LogP contribution is 2.28. The van der Waals surface area contributed by atoms with E-state index in [-0.39, 0.29) is 0 Å². The zero-order valence-electron chi connectivity index (χ0n) is 9.52. The van der Waals surface area contributed by atoms with E-state index < -0.39 is 12.0 Å². The fraction of sp³-hybridized carbons (Fsp3) is 0.364. The predicted octanol–water partition coefficient (Wildman–Crippen LogP) is 0.877. The summed E-state index contributed by atoms with van der Waals surface area (Å²) in [4.78, 5) is 11.3. The number of benzene rings is 1. The molecule has 0 spiro atoms. The first kappa shape index (κ1) is 12.3. The van der Waals surface area contributed by atoms with Gasteiger partial charge in [-0.2, -0.15) is 0 Å². The van der Waals surface area contributed by atoms with Gasteiger partial charge in [0.25, 0.3) is 0 Å². The lowest BCUT2D eigenvalue weighted by molar-refractivity contribution is -0.142. The van der Waals surface area contributed by atoms with Crippen LogP contribution in [-0.4, -0.2) is 27.3 Å². The van der Waals surface area contributed by atoms with Gasteiger partial charge in [0.1, 0.15) is 17.5 Å². The van der Waals surface area contributed by atoms with Crippen LogP contribution in [0.25, 0.3) is 0 Å². The second-order valence-electron chi connectivity index (χ2n) is 3.11. The minimum Gasteiger partial charge on any atom is -0.497 e. The maximum absolute atomic E-state index is 11.3. The van der Waals surface area contributed by atoms with Crippen LogP contribution in [0.5, 0.6) is 11.5 Å². The Hall–Kier alpha value is -1.75. The smallest absolute Gasteiger partial charge is 0.327 e. The molecule has 0 bridgehead atoms. The second-order valence-corrected chi connectivity index (χ2v) is 3.11. The van der Waals surface area contributed by atoms with Crippen LogP contribution in [0.4, 0.5) is 0 Å². The van der Waals surface area contributed by atoms with Crippen molar-refractivity contribution >= 4 is 5.97 Å². The van der Waals surface area contributed by atoms with E-state index in [0.717, 1.165) is 0 Å². The van der Waals surface area contributed by atoms with Crippen molar-refractivity contribution in [2.24, 2.45) is 5.73 Å². The zero-order valence-corrected chi connectivity index (χ0v) is 9.52. The topological polar surface area (TPSA) is 70.8 Å². The first-order valence-electron chi connectivity index (χ1n) is 4.69. The van der Waals surface area contributed by atoms with Crippen LogP contribution >= 0.6 is 0 Å². The van der Waals surface area contributed by atoms with Gasteiger partial charge in [-0.1, -0.05) is 0 Å². The Balaban J connectivity index is 3.12. The molecule has 0 aliphatic rings. The molecule has 2 N–H and O–H groups in total. The molecule has 0 aromatic heterocycles. The summed E-state index contributed by atoms with van der Waals surface area (Å²) in [6.45, 7) is 0. The van der Waals surface area contributed by atoms with Crippen molar-refractivity contribution in [3.8, 4) is 11.5 Å². The molecule has 0 aliphatic heterocycles. The standard InChI is InChI=1S/C11H15NO4/c1-14-7-4-5-9(15-2)8(6-7)10(12)11(13)16-3/h4-6,10H,12H2,1-3H3. The molecule has 1 atom stereocenters. The maximum atomic E-state index is 11.3. The molecule has 0 saturated carbocycles. The first-order chi connectivity index (χ1) is 7.63. The second kappa shape index (κ2) is 5.37. The molecule has 0 saturated heterocycles. The first-order valence-corrected chi connectivity index (χ1v) is 4.69. The third-order valence-electron chi connectivity index (χ3n) is 2.23. The summed E-state index contributed by atoms with van der Waals surface area (Å²) in [6.07, 6.45) is 0. The summed E-state index contributed by atoms with van der Waals surface area (Å²) in [7, 11) is 4.33. The number of nitrogens with two attached hydrogens (primary N) is 1. The van der Waals surface area contributed by atoms with Gasteiger partial charge >= 0.3 is 5.97 Å². The van der Waals surface area contributed by atoms with Crippen LogP contribution in [0.3, 0.4) is 0 Å². The highest BCUT2D eigenvalue weighted by molar-refractivity contribution is 5.78. The van der Waals surface area contributed by atoms with E-state index in [9.17, 15) is 4.79 Å². The van der Waals surface area contributed by atoms with Crippen molar-refractivity contribution in [2.75, 3.05) is 21.3 Å². The minimum atomic E-state index is -0.880. The highest BCUT2D eigenvalue weighted by atomic mass is 16.5. The molecule has 0 amide bonds. The number of hydrogen-bond donors (Lipinski definition) is 1.